The number of amides is 1. The summed E-state index contributed by atoms with van der Waals surface area (Å²) in [6.45, 7) is -3.01. The average molecular weight is 465 g/mol. The van der Waals surface area contributed by atoms with Gasteiger partial charge in [0.15, 0.2) is 0 Å². The van der Waals surface area contributed by atoms with Gasteiger partial charge in [0.1, 0.15) is 22.8 Å². The molecule has 174 valence electrons. The van der Waals surface area contributed by atoms with Gasteiger partial charge in [-0.05, 0) is 25.0 Å². The molecule has 4 aromatic rings. The summed E-state index contributed by atoms with van der Waals surface area (Å²) < 4.78 is 32.5. The van der Waals surface area contributed by atoms with Crippen molar-refractivity contribution < 1.29 is 23.4 Å². The Morgan fingerprint density at radius 3 is 2.50 bits per heavy atom. The smallest absolute Gasteiger partial charge is 0.387 e. The van der Waals surface area contributed by atoms with Gasteiger partial charge in [-0.25, -0.2) is 9.67 Å². The highest BCUT2D eigenvalue weighted by Crippen LogP contribution is 2.39. The molecule has 2 aromatic heterocycles. The third kappa shape index (κ3) is 3.81. The highest BCUT2D eigenvalue weighted by molar-refractivity contribution is 6.04. The van der Waals surface area contributed by atoms with Gasteiger partial charge >= 0.3 is 6.61 Å². The van der Waals surface area contributed by atoms with Crippen LogP contribution in [-0.4, -0.2) is 38.5 Å². The monoisotopic (exact) mass is 465 g/mol. The minimum absolute atomic E-state index is 0.0194. The number of rotatable bonds is 6. The minimum atomic E-state index is -3.01. The topological polar surface area (TPSA) is 129 Å². The summed E-state index contributed by atoms with van der Waals surface area (Å²) in [5.74, 6) is -0.646. The third-order valence-electron chi connectivity index (χ3n) is 5.96. The van der Waals surface area contributed by atoms with Crippen molar-refractivity contribution in [3.05, 3.63) is 60.2 Å². The van der Waals surface area contributed by atoms with Crippen LogP contribution in [-0.2, 0) is 0 Å². The molecule has 0 bridgehead atoms. The number of hydrogen-bond donors (Lipinski definition) is 3. The van der Waals surface area contributed by atoms with Crippen molar-refractivity contribution in [3.8, 4) is 28.3 Å². The number of aliphatic hydroxyl groups is 1. The number of primary amides is 1. The fourth-order valence-electron chi connectivity index (χ4n) is 4.22. The van der Waals surface area contributed by atoms with Crippen molar-refractivity contribution >= 4 is 22.6 Å². The van der Waals surface area contributed by atoms with Crippen LogP contribution in [0.5, 0.6) is 5.75 Å². The lowest BCUT2D eigenvalue weighted by Gasteiger charge is -2.32. The molecule has 0 saturated heterocycles. The Bertz CT molecular complexity index is 1380. The number of fused-ring (bicyclic) bond motifs is 1. The largest absolute Gasteiger partial charge is 0.434 e. The summed E-state index contributed by atoms with van der Waals surface area (Å²) in [6.07, 6.45) is 0.499. The maximum Gasteiger partial charge on any atom is 0.387 e. The van der Waals surface area contributed by atoms with Crippen LogP contribution in [0.2, 0.25) is 0 Å². The van der Waals surface area contributed by atoms with Crippen LogP contribution in [0.15, 0.2) is 54.6 Å². The molecule has 0 aliphatic heterocycles. The van der Waals surface area contributed by atoms with Gasteiger partial charge in [0, 0.05) is 22.6 Å². The van der Waals surface area contributed by atoms with Crippen LogP contribution < -0.4 is 16.2 Å². The second-order valence-corrected chi connectivity index (χ2v) is 8.18. The van der Waals surface area contributed by atoms with Crippen LogP contribution in [0.4, 0.5) is 14.6 Å². The second kappa shape index (κ2) is 8.38. The molecule has 0 unspecified atom stereocenters. The molecule has 0 radical (unpaired) electrons. The molecule has 2 aromatic carbocycles. The number of benzene rings is 2. The standard InChI is InChI=1S/C24H21F2N5O3/c25-24(26)34-19-11-17(12-4-2-1-3-5-12)29-18-8-13(6-7-16(18)19)21-20(23(28)33)22(27)31(30-21)14-9-15(32)10-14/h1-8,11,14-15,24,32H,9-10,27H2,(H2,28,33). The first-order chi connectivity index (χ1) is 16.3. The number of halogens is 2. The van der Waals surface area contributed by atoms with Gasteiger partial charge in [-0.2, -0.15) is 13.9 Å². The number of ether oxygens (including phenoxy) is 1. The number of aliphatic hydroxyl groups excluding tert-OH is 1. The summed E-state index contributed by atoms with van der Waals surface area (Å²) in [5.41, 5.74) is 14.2. The van der Waals surface area contributed by atoms with Crippen molar-refractivity contribution in [2.75, 3.05) is 5.73 Å². The van der Waals surface area contributed by atoms with E-state index in [9.17, 15) is 18.7 Å². The van der Waals surface area contributed by atoms with Gasteiger partial charge in [0.2, 0.25) is 0 Å². The van der Waals surface area contributed by atoms with Crippen LogP contribution in [0.3, 0.4) is 0 Å². The van der Waals surface area contributed by atoms with E-state index in [1.165, 1.54) is 10.7 Å². The summed E-state index contributed by atoms with van der Waals surface area (Å²) in [4.78, 5) is 16.9. The molecule has 2 heterocycles. The Balaban J connectivity index is 1.67. The van der Waals surface area contributed by atoms with Crippen molar-refractivity contribution in [2.24, 2.45) is 5.73 Å². The zero-order chi connectivity index (χ0) is 24.0. The summed E-state index contributed by atoms with van der Waals surface area (Å²) in [7, 11) is 0. The van der Waals surface area contributed by atoms with E-state index >= 15 is 0 Å². The van der Waals surface area contributed by atoms with Gasteiger partial charge in [-0.15, -0.1) is 0 Å². The van der Waals surface area contributed by atoms with Crippen molar-refractivity contribution in [1.29, 1.82) is 0 Å². The number of carbonyl (C=O) groups is 1. The number of carbonyl (C=O) groups excluding carboxylic acids is 1. The van der Waals surface area contributed by atoms with Crippen LogP contribution in [0.25, 0.3) is 33.4 Å². The van der Waals surface area contributed by atoms with Crippen LogP contribution in [0.1, 0.15) is 29.2 Å². The molecule has 34 heavy (non-hydrogen) atoms. The lowest BCUT2D eigenvalue weighted by molar-refractivity contribution is -0.0487. The van der Waals surface area contributed by atoms with Crippen LogP contribution in [0, 0.1) is 0 Å². The number of aromatic nitrogens is 3. The van der Waals surface area contributed by atoms with E-state index in [1.807, 2.05) is 30.3 Å². The quantitative estimate of drug-likeness (QED) is 0.398. The molecule has 1 aliphatic carbocycles. The first-order valence-electron chi connectivity index (χ1n) is 10.6. The number of nitrogen functional groups attached to an aromatic ring is 1. The molecular weight excluding hydrogens is 444 g/mol. The predicted octanol–water partition coefficient (Wildman–Crippen LogP) is 3.74. The molecule has 1 saturated carbocycles. The van der Waals surface area contributed by atoms with Gasteiger partial charge in [0.25, 0.3) is 5.91 Å². The van der Waals surface area contributed by atoms with E-state index in [0.717, 1.165) is 5.56 Å². The molecule has 0 atom stereocenters. The Morgan fingerprint density at radius 2 is 1.85 bits per heavy atom. The Labute approximate surface area is 192 Å². The van der Waals surface area contributed by atoms with Crippen LogP contribution >= 0.6 is 0 Å². The Kier molecular flexibility index (Phi) is 5.37. The number of alkyl halides is 2. The molecule has 0 spiro atoms. The van der Waals surface area contributed by atoms with Gasteiger partial charge in [-0.3, -0.25) is 4.79 Å². The zero-order valence-corrected chi connectivity index (χ0v) is 17.9. The lowest BCUT2D eigenvalue weighted by atomic mass is 9.90. The number of hydrogen-bond acceptors (Lipinski definition) is 6. The summed E-state index contributed by atoms with van der Waals surface area (Å²) >= 11 is 0. The van der Waals surface area contributed by atoms with E-state index in [0.29, 0.717) is 35.0 Å². The van der Waals surface area contributed by atoms with Crippen molar-refractivity contribution in [2.45, 2.75) is 31.6 Å². The Morgan fingerprint density at radius 1 is 1.12 bits per heavy atom. The maximum absolute atomic E-state index is 13.1. The molecular formula is C24H21F2N5O3. The first kappa shape index (κ1) is 21.8. The van der Waals surface area contributed by atoms with Gasteiger partial charge < -0.3 is 21.3 Å². The fraction of sp³-hybridized carbons (Fsp3) is 0.208. The highest BCUT2D eigenvalue weighted by Gasteiger charge is 2.33. The SMILES string of the molecule is NC(=O)c1c(-c2ccc3c(OC(F)F)cc(-c4ccccc4)nc3c2)nn(C2CC(O)C2)c1N. The zero-order valence-electron chi connectivity index (χ0n) is 17.9. The van der Waals surface area contributed by atoms with Crippen molar-refractivity contribution in [1.82, 2.24) is 14.8 Å². The van der Waals surface area contributed by atoms with E-state index in [2.05, 4.69) is 10.1 Å². The first-order valence-corrected chi connectivity index (χ1v) is 10.6. The third-order valence-corrected chi connectivity index (χ3v) is 5.96. The number of nitrogens with zero attached hydrogens (tertiary/aromatic N) is 3. The Hall–Kier alpha value is -4.05. The molecule has 5 rings (SSSR count). The van der Waals surface area contributed by atoms with E-state index in [-0.39, 0.29) is 28.9 Å². The number of anilines is 1. The highest BCUT2D eigenvalue weighted by atomic mass is 19.3. The molecule has 1 fully saturated rings. The van der Waals surface area contributed by atoms with Gasteiger partial charge in [0.05, 0.1) is 23.4 Å². The maximum atomic E-state index is 13.1. The normalized spacial score (nSPS) is 17.6. The van der Waals surface area contributed by atoms with E-state index in [4.69, 9.17) is 16.2 Å². The number of nitrogens with two attached hydrogens (primary N) is 2. The predicted molar refractivity (Wildman–Crippen MR) is 122 cm³/mol. The molecule has 1 aliphatic rings. The van der Waals surface area contributed by atoms with E-state index < -0.39 is 18.6 Å². The van der Waals surface area contributed by atoms with Crippen molar-refractivity contribution in [3.63, 3.8) is 0 Å². The fourth-order valence-corrected chi connectivity index (χ4v) is 4.22. The van der Waals surface area contributed by atoms with E-state index in [1.54, 1.807) is 18.2 Å². The minimum Gasteiger partial charge on any atom is -0.434 e. The average Bonchev–Trinajstić information content (AvgIpc) is 3.13. The number of pyridine rings is 1. The molecule has 5 N–H and O–H groups in total. The molecule has 10 heteroatoms. The lowest BCUT2D eigenvalue weighted by Crippen LogP contribution is -2.32. The second-order valence-electron chi connectivity index (χ2n) is 8.18. The summed E-state index contributed by atoms with van der Waals surface area (Å²) in [5, 5.41) is 14.5. The van der Waals surface area contributed by atoms with Gasteiger partial charge in [-0.1, -0.05) is 36.4 Å². The molecule has 1 amide bonds. The summed E-state index contributed by atoms with van der Waals surface area (Å²) in [6, 6.07) is 15.3. The molecule has 8 nitrogen and oxygen atoms in total.